The Labute approximate surface area is 196 Å². The molecule has 2 N–H and O–H groups in total. The highest BCUT2D eigenvalue weighted by Gasteiger charge is 2.22. The van der Waals surface area contributed by atoms with Crippen molar-refractivity contribution in [2.75, 3.05) is 23.3 Å². The molecule has 34 heavy (non-hydrogen) atoms. The second-order valence-corrected chi connectivity index (χ2v) is 9.13. The summed E-state index contributed by atoms with van der Waals surface area (Å²) in [4.78, 5) is 14.7. The lowest BCUT2D eigenvalue weighted by atomic mass is 10.0. The summed E-state index contributed by atoms with van der Waals surface area (Å²) in [5.74, 6) is -1.71. The van der Waals surface area contributed by atoms with Gasteiger partial charge in [-0.25, -0.2) is 13.2 Å². The van der Waals surface area contributed by atoms with Gasteiger partial charge in [0.05, 0.1) is 17.8 Å². The first-order valence-corrected chi connectivity index (χ1v) is 11.2. The number of hydrogen-bond acceptors (Lipinski definition) is 5. The molecule has 1 amide bonds. The maximum absolute atomic E-state index is 15.5. The summed E-state index contributed by atoms with van der Waals surface area (Å²) in [6.45, 7) is 9.29. The summed E-state index contributed by atoms with van der Waals surface area (Å²) >= 11 is 0. The van der Waals surface area contributed by atoms with E-state index >= 15 is 4.39 Å². The zero-order valence-electron chi connectivity index (χ0n) is 19.7. The molecule has 0 aliphatic carbocycles. The van der Waals surface area contributed by atoms with Crippen LogP contribution in [0.15, 0.2) is 30.3 Å². The van der Waals surface area contributed by atoms with E-state index in [0.717, 1.165) is 12.1 Å². The monoisotopic (exact) mass is 474 g/mol. The number of nitrogens with zero attached hydrogens (tertiary/aromatic N) is 4. The van der Waals surface area contributed by atoms with Gasteiger partial charge in [0.2, 0.25) is 5.91 Å². The number of aromatic nitrogens is 4. The Morgan fingerprint density at radius 2 is 1.74 bits per heavy atom. The van der Waals surface area contributed by atoms with Crippen LogP contribution < -0.4 is 10.2 Å². The maximum atomic E-state index is 15.5. The van der Waals surface area contributed by atoms with E-state index in [1.807, 2.05) is 32.6 Å². The summed E-state index contributed by atoms with van der Waals surface area (Å²) < 4.78 is 42.8. The van der Waals surface area contributed by atoms with Gasteiger partial charge in [-0.3, -0.25) is 4.79 Å². The van der Waals surface area contributed by atoms with Crippen LogP contribution in [0.3, 0.4) is 0 Å². The van der Waals surface area contributed by atoms with E-state index in [2.05, 4.69) is 25.9 Å². The van der Waals surface area contributed by atoms with E-state index < -0.39 is 23.4 Å². The number of aromatic amines is 1. The normalized spacial score (nSPS) is 11.3. The average Bonchev–Trinajstić information content (AvgIpc) is 3.21. The summed E-state index contributed by atoms with van der Waals surface area (Å²) in [7, 11) is 0. The lowest BCUT2D eigenvalue weighted by Gasteiger charge is -2.31. The van der Waals surface area contributed by atoms with Crippen molar-refractivity contribution >= 4 is 17.3 Å². The van der Waals surface area contributed by atoms with Crippen LogP contribution in [-0.2, 0) is 17.6 Å². The van der Waals surface area contributed by atoms with Crippen LogP contribution in [0.25, 0.3) is 0 Å². The number of carbonyl (C=O) groups excluding carboxylic acids is 1. The lowest BCUT2D eigenvalue weighted by molar-refractivity contribution is -0.115. The minimum absolute atomic E-state index is 0.0464. The fourth-order valence-electron chi connectivity index (χ4n) is 3.78. The Morgan fingerprint density at radius 3 is 2.32 bits per heavy atom. The van der Waals surface area contributed by atoms with Crippen LogP contribution in [0, 0.1) is 29.3 Å². The van der Waals surface area contributed by atoms with Crippen molar-refractivity contribution in [3.05, 3.63) is 64.7 Å². The molecule has 0 atom stereocenters. The first-order chi connectivity index (χ1) is 16.1. The predicted molar refractivity (Wildman–Crippen MR) is 124 cm³/mol. The van der Waals surface area contributed by atoms with Crippen molar-refractivity contribution in [2.45, 2.75) is 40.5 Å². The second kappa shape index (κ2) is 11.1. The van der Waals surface area contributed by atoms with Crippen LogP contribution in [0.2, 0.25) is 0 Å². The van der Waals surface area contributed by atoms with Crippen LogP contribution >= 0.6 is 0 Å². The molecular weight excluding hydrogens is 445 g/mol. The van der Waals surface area contributed by atoms with E-state index in [1.165, 1.54) is 12.1 Å². The zero-order chi connectivity index (χ0) is 24.8. The molecule has 0 spiro atoms. The number of carbonyl (C=O) groups is 1. The number of benzene rings is 2. The molecule has 0 aliphatic heterocycles. The highest BCUT2D eigenvalue weighted by atomic mass is 19.1. The number of nitrogens with one attached hydrogen (secondary N) is 2. The van der Waals surface area contributed by atoms with E-state index in [4.69, 9.17) is 0 Å². The molecule has 0 aliphatic rings. The highest BCUT2D eigenvalue weighted by molar-refractivity contribution is 5.96. The van der Waals surface area contributed by atoms with E-state index in [0.29, 0.717) is 24.5 Å². The van der Waals surface area contributed by atoms with Crippen molar-refractivity contribution in [1.82, 2.24) is 20.6 Å². The number of rotatable bonds is 10. The third-order valence-electron chi connectivity index (χ3n) is 5.00. The standard InChI is InChI=1S/C24H29F3N6O/c1-14(2)12-33(13-15(3)4)24-20(27)7-16(9-22-29-31-32-30-22)8-21(24)28-23(34)10-17-5-6-18(25)11-19(17)26/h5-8,11,14-15H,9-10,12-13H2,1-4H3,(H,28,34)(H,29,30,31,32). The maximum Gasteiger partial charge on any atom is 0.228 e. The Balaban J connectivity index is 1.97. The fraction of sp³-hybridized carbons (Fsp3) is 0.417. The largest absolute Gasteiger partial charge is 0.367 e. The molecule has 0 unspecified atom stereocenters. The number of amides is 1. The molecule has 7 nitrogen and oxygen atoms in total. The molecule has 0 radical (unpaired) electrons. The van der Waals surface area contributed by atoms with Gasteiger partial charge in [0.15, 0.2) is 5.82 Å². The smallest absolute Gasteiger partial charge is 0.228 e. The third kappa shape index (κ3) is 6.79. The number of tetrazole rings is 1. The molecule has 3 aromatic rings. The van der Waals surface area contributed by atoms with Gasteiger partial charge >= 0.3 is 0 Å². The average molecular weight is 475 g/mol. The Hall–Kier alpha value is -3.43. The molecule has 0 saturated heterocycles. The number of hydrogen-bond donors (Lipinski definition) is 2. The molecule has 2 aromatic carbocycles. The van der Waals surface area contributed by atoms with Gasteiger partial charge < -0.3 is 10.2 Å². The SMILES string of the molecule is CC(C)CN(CC(C)C)c1c(F)cc(Cc2nn[nH]n2)cc1NC(=O)Cc1ccc(F)cc1F. The van der Waals surface area contributed by atoms with E-state index in [1.54, 1.807) is 6.07 Å². The molecule has 182 valence electrons. The van der Waals surface area contributed by atoms with Crippen molar-refractivity contribution in [1.29, 1.82) is 0 Å². The predicted octanol–water partition coefficient (Wildman–Crippen LogP) is 4.51. The van der Waals surface area contributed by atoms with E-state index in [9.17, 15) is 13.6 Å². The topological polar surface area (TPSA) is 86.8 Å². The van der Waals surface area contributed by atoms with Gasteiger partial charge in [-0.15, -0.1) is 10.2 Å². The molecule has 0 saturated carbocycles. The van der Waals surface area contributed by atoms with Gasteiger partial charge in [-0.05, 0) is 41.2 Å². The first-order valence-electron chi connectivity index (χ1n) is 11.2. The van der Waals surface area contributed by atoms with Gasteiger partial charge in [-0.2, -0.15) is 5.21 Å². The Morgan fingerprint density at radius 1 is 1.03 bits per heavy atom. The summed E-state index contributed by atoms with van der Waals surface area (Å²) in [5, 5.41) is 16.4. The number of H-pyrrole nitrogens is 1. The highest BCUT2D eigenvalue weighted by Crippen LogP contribution is 2.33. The molecule has 0 fully saturated rings. The minimum atomic E-state index is -0.811. The van der Waals surface area contributed by atoms with Crippen molar-refractivity contribution < 1.29 is 18.0 Å². The van der Waals surface area contributed by atoms with Gasteiger partial charge in [0, 0.05) is 25.6 Å². The Kier molecular flexibility index (Phi) is 8.25. The lowest BCUT2D eigenvalue weighted by Crippen LogP contribution is -2.33. The zero-order valence-corrected chi connectivity index (χ0v) is 19.7. The van der Waals surface area contributed by atoms with Gasteiger partial charge in [0.1, 0.15) is 17.5 Å². The summed E-state index contributed by atoms with van der Waals surface area (Å²) in [5.41, 5.74) is 1.13. The molecule has 0 bridgehead atoms. The minimum Gasteiger partial charge on any atom is -0.367 e. The molecule has 3 rings (SSSR count). The van der Waals surface area contributed by atoms with Crippen LogP contribution in [-0.4, -0.2) is 39.6 Å². The Bertz CT molecular complexity index is 1110. The molecular formula is C24H29F3N6O. The molecule has 10 heteroatoms. The van der Waals surface area contributed by atoms with Crippen LogP contribution in [0.4, 0.5) is 24.5 Å². The summed E-state index contributed by atoms with van der Waals surface area (Å²) in [6.07, 6.45) is -0.117. The second-order valence-electron chi connectivity index (χ2n) is 9.13. The van der Waals surface area contributed by atoms with Crippen molar-refractivity contribution in [3.63, 3.8) is 0 Å². The fourth-order valence-corrected chi connectivity index (χ4v) is 3.78. The molecule has 1 aromatic heterocycles. The number of anilines is 2. The van der Waals surface area contributed by atoms with Gasteiger partial charge in [0.25, 0.3) is 0 Å². The van der Waals surface area contributed by atoms with Crippen LogP contribution in [0.5, 0.6) is 0 Å². The summed E-state index contributed by atoms with van der Waals surface area (Å²) in [6, 6.07) is 6.11. The van der Waals surface area contributed by atoms with Crippen molar-refractivity contribution in [2.24, 2.45) is 11.8 Å². The quantitative estimate of drug-likeness (QED) is 0.452. The van der Waals surface area contributed by atoms with Crippen LogP contribution in [0.1, 0.15) is 44.6 Å². The van der Waals surface area contributed by atoms with E-state index in [-0.39, 0.29) is 41.6 Å². The molecule has 1 heterocycles. The van der Waals surface area contributed by atoms with Crippen molar-refractivity contribution in [3.8, 4) is 0 Å². The number of halogens is 3. The third-order valence-corrected chi connectivity index (χ3v) is 5.00. The van der Waals surface area contributed by atoms with Gasteiger partial charge in [-0.1, -0.05) is 39.0 Å². The first kappa shape index (κ1) is 25.2.